The van der Waals surface area contributed by atoms with Crippen molar-refractivity contribution in [1.82, 2.24) is 29.4 Å². The van der Waals surface area contributed by atoms with Gasteiger partial charge in [0, 0.05) is 44.1 Å². The second-order valence-electron chi connectivity index (χ2n) is 6.48. The molecule has 0 saturated heterocycles. The number of carbonyl (C=O) groups excluding carboxylic acids is 1. The summed E-state index contributed by atoms with van der Waals surface area (Å²) in [5, 5.41) is 0. The molecular formula is C21H20N6O. The fourth-order valence-corrected chi connectivity index (χ4v) is 3.09. The van der Waals surface area contributed by atoms with Crippen LogP contribution in [0.15, 0.2) is 67.6 Å². The zero-order valence-corrected chi connectivity index (χ0v) is 15.6. The number of rotatable bonds is 6. The zero-order valence-electron chi connectivity index (χ0n) is 15.6. The van der Waals surface area contributed by atoms with Gasteiger partial charge in [-0.05, 0) is 42.3 Å². The van der Waals surface area contributed by atoms with Gasteiger partial charge in [-0.25, -0.2) is 9.97 Å². The van der Waals surface area contributed by atoms with Crippen LogP contribution in [0.1, 0.15) is 28.4 Å². The van der Waals surface area contributed by atoms with E-state index in [9.17, 15) is 4.79 Å². The number of hydrogen-bond acceptors (Lipinski definition) is 5. The van der Waals surface area contributed by atoms with Gasteiger partial charge >= 0.3 is 0 Å². The fourth-order valence-electron chi connectivity index (χ4n) is 3.09. The SMILES string of the molecule is CCN(Cc1ccncc1)C(=O)c1cnc2c(c1)ncn2Cc1cccnc1. The van der Waals surface area contributed by atoms with Crippen LogP contribution in [0, 0.1) is 0 Å². The molecule has 140 valence electrons. The highest BCUT2D eigenvalue weighted by Gasteiger charge is 2.17. The van der Waals surface area contributed by atoms with Gasteiger partial charge < -0.3 is 9.47 Å². The van der Waals surface area contributed by atoms with Gasteiger partial charge in [-0.3, -0.25) is 14.8 Å². The number of nitrogens with zero attached hydrogens (tertiary/aromatic N) is 6. The minimum absolute atomic E-state index is 0.0597. The average molecular weight is 372 g/mol. The van der Waals surface area contributed by atoms with E-state index in [4.69, 9.17) is 0 Å². The Bertz CT molecular complexity index is 1080. The van der Waals surface area contributed by atoms with E-state index in [-0.39, 0.29) is 5.91 Å². The molecule has 7 heteroatoms. The van der Waals surface area contributed by atoms with Crippen LogP contribution in [0.25, 0.3) is 11.2 Å². The van der Waals surface area contributed by atoms with Gasteiger partial charge in [0.2, 0.25) is 0 Å². The van der Waals surface area contributed by atoms with Crippen molar-refractivity contribution < 1.29 is 4.79 Å². The quantitative estimate of drug-likeness (QED) is 0.520. The second-order valence-corrected chi connectivity index (χ2v) is 6.48. The summed E-state index contributed by atoms with van der Waals surface area (Å²) in [6.07, 6.45) is 10.4. The molecule has 0 aliphatic heterocycles. The van der Waals surface area contributed by atoms with Crippen LogP contribution in [0.2, 0.25) is 0 Å². The third kappa shape index (κ3) is 3.73. The van der Waals surface area contributed by atoms with Gasteiger partial charge in [-0.1, -0.05) is 6.07 Å². The summed E-state index contributed by atoms with van der Waals surface area (Å²) in [6.45, 7) is 3.74. The predicted octanol–water partition coefficient (Wildman–Crippen LogP) is 2.93. The van der Waals surface area contributed by atoms with E-state index < -0.39 is 0 Å². The molecule has 0 aliphatic rings. The van der Waals surface area contributed by atoms with Crippen molar-refractivity contribution in [1.29, 1.82) is 0 Å². The first-order chi connectivity index (χ1) is 13.7. The standard InChI is InChI=1S/C21H20N6O/c1-2-26(13-16-5-8-22-9-6-16)21(28)18-10-19-20(24-12-18)27(15-25-19)14-17-4-3-7-23-11-17/h3-12,15H,2,13-14H2,1H3. The number of fused-ring (bicyclic) bond motifs is 1. The van der Waals surface area contributed by atoms with Gasteiger partial charge in [-0.15, -0.1) is 0 Å². The highest BCUT2D eigenvalue weighted by atomic mass is 16.2. The number of amides is 1. The Labute approximate surface area is 162 Å². The third-order valence-corrected chi connectivity index (χ3v) is 4.57. The van der Waals surface area contributed by atoms with E-state index >= 15 is 0 Å². The molecule has 28 heavy (non-hydrogen) atoms. The lowest BCUT2D eigenvalue weighted by Crippen LogP contribution is -2.30. The van der Waals surface area contributed by atoms with E-state index in [1.807, 2.05) is 42.0 Å². The van der Waals surface area contributed by atoms with Crippen LogP contribution in [0.4, 0.5) is 0 Å². The molecule has 0 unspecified atom stereocenters. The van der Waals surface area contributed by atoms with E-state index in [1.54, 1.807) is 42.1 Å². The van der Waals surface area contributed by atoms with Crippen molar-refractivity contribution in [3.63, 3.8) is 0 Å². The van der Waals surface area contributed by atoms with Gasteiger partial charge in [-0.2, -0.15) is 0 Å². The van der Waals surface area contributed by atoms with Gasteiger partial charge in [0.05, 0.1) is 18.4 Å². The van der Waals surface area contributed by atoms with Crippen molar-refractivity contribution in [2.75, 3.05) is 6.54 Å². The maximum absolute atomic E-state index is 12.9. The Morgan fingerprint density at radius 1 is 1.04 bits per heavy atom. The summed E-state index contributed by atoms with van der Waals surface area (Å²) in [5.74, 6) is -0.0597. The Morgan fingerprint density at radius 3 is 2.64 bits per heavy atom. The molecule has 4 rings (SSSR count). The monoisotopic (exact) mass is 372 g/mol. The van der Waals surface area contributed by atoms with Crippen LogP contribution < -0.4 is 0 Å². The molecular weight excluding hydrogens is 352 g/mol. The van der Waals surface area contributed by atoms with Crippen molar-refractivity contribution in [3.05, 3.63) is 84.3 Å². The molecule has 0 atom stereocenters. The normalized spacial score (nSPS) is 10.9. The molecule has 0 spiro atoms. The second kappa shape index (κ2) is 7.96. The molecule has 4 aromatic rings. The molecule has 0 aromatic carbocycles. The topological polar surface area (TPSA) is 76.8 Å². The number of carbonyl (C=O) groups is 1. The molecule has 0 radical (unpaired) electrons. The van der Waals surface area contributed by atoms with Crippen LogP contribution in [0.3, 0.4) is 0 Å². The third-order valence-electron chi connectivity index (χ3n) is 4.57. The lowest BCUT2D eigenvalue weighted by molar-refractivity contribution is 0.0752. The molecule has 0 bridgehead atoms. The highest BCUT2D eigenvalue weighted by molar-refractivity contribution is 5.96. The van der Waals surface area contributed by atoms with Crippen molar-refractivity contribution in [3.8, 4) is 0 Å². The van der Waals surface area contributed by atoms with Gasteiger partial charge in [0.15, 0.2) is 5.65 Å². The summed E-state index contributed by atoms with van der Waals surface area (Å²) in [4.78, 5) is 31.8. The number of imidazole rings is 1. The Morgan fingerprint density at radius 2 is 1.89 bits per heavy atom. The molecule has 1 amide bonds. The lowest BCUT2D eigenvalue weighted by atomic mass is 10.2. The lowest BCUT2D eigenvalue weighted by Gasteiger charge is -2.20. The number of hydrogen-bond donors (Lipinski definition) is 0. The molecule has 0 fully saturated rings. The minimum Gasteiger partial charge on any atom is -0.335 e. The molecule has 0 aliphatic carbocycles. The first kappa shape index (κ1) is 17.8. The van der Waals surface area contributed by atoms with Crippen molar-refractivity contribution in [2.45, 2.75) is 20.0 Å². The van der Waals surface area contributed by atoms with Gasteiger partial charge in [0.25, 0.3) is 5.91 Å². The van der Waals surface area contributed by atoms with Crippen molar-refractivity contribution >= 4 is 17.1 Å². The van der Waals surface area contributed by atoms with Crippen molar-refractivity contribution in [2.24, 2.45) is 0 Å². The molecule has 0 N–H and O–H groups in total. The maximum Gasteiger partial charge on any atom is 0.255 e. The minimum atomic E-state index is -0.0597. The molecule has 0 saturated carbocycles. The Balaban J connectivity index is 1.56. The number of pyridine rings is 3. The van der Waals surface area contributed by atoms with E-state index in [0.29, 0.717) is 30.7 Å². The largest absolute Gasteiger partial charge is 0.335 e. The molecule has 7 nitrogen and oxygen atoms in total. The Kier molecular flexibility index (Phi) is 5.05. The van der Waals surface area contributed by atoms with Crippen LogP contribution >= 0.6 is 0 Å². The van der Waals surface area contributed by atoms with E-state index in [0.717, 1.165) is 16.8 Å². The number of aromatic nitrogens is 5. The van der Waals surface area contributed by atoms with Gasteiger partial charge in [0.1, 0.15) is 5.52 Å². The summed E-state index contributed by atoms with van der Waals surface area (Å²) >= 11 is 0. The predicted molar refractivity (Wildman–Crippen MR) is 106 cm³/mol. The fraction of sp³-hybridized carbons (Fsp3) is 0.190. The average Bonchev–Trinajstić information content (AvgIpc) is 3.15. The van der Waals surface area contributed by atoms with E-state index in [2.05, 4.69) is 19.9 Å². The molecule has 4 heterocycles. The smallest absolute Gasteiger partial charge is 0.255 e. The summed E-state index contributed by atoms with van der Waals surface area (Å²) in [6, 6.07) is 9.55. The summed E-state index contributed by atoms with van der Waals surface area (Å²) in [7, 11) is 0. The summed E-state index contributed by atoms with van der Waals surface area (Å²) < 4.78 is 1.95. The summed E-state index contributed by atoms with van der Waals surface area (Å²) in [5.41, 5.74) is 4.10. The highest BCUT2D eigenvalue weighted by Crippen LogP contribution is 2.16. The first-order valence-corrected chi connectivity index (χ1v) is 9.12. The molecule has 4 aromatic heterocycles. The van der Waals surface area contributed by atoms with E-state index in [1.165, 1.54) is 0 Å². The Hall–Kier alpha value is -3.61. The van der Waals surface area contributed by atoms with Crippen LogP contribution in [-0.2, 0) is 13.1 Å². The maximum atomic E-state index is 12.9. The zero-order chi connectivity index (χ0) is 19.3. The first-order valence-electron chi connectivity index (χ1n) is 9.12. The van der Waals surface area contributed by atoms with Crippen LogP contribution in [-0.4, -0.2) is 41.9 Å². The van der Waals surface area contributed by atoms with Crippen LogP contribution in [0.5, 0.6) is 0 Å².